The van der Waals surface area contributed by atoms with Gasteiger partial charge in [0, 0.05) is 11.1 Å². The van der Waals surface area contributed by atoms with Crippen LogP contribution in [0.2, 0.25) is 5.02 Å². The highest BCUT2D eigenvalue weighted by molar-refractivity contribution is 6.30. The summed E-state index contributed by atoms with van der Waals surface area (Å²) in [6, 6.07) is 8.31. The number of halogens is 2. The van der Waals surface area contributed by atoms with Crippen molar-refractivity contribution in [3.63, 3.8) is 0 Å². The predicted molar refractivity (Wildman–Crippen MR) is 74.4 cm³/mol. The van der Waals surface area contributed by atoms with E-state index in [0.29, 0.717) is 12.1 Å². The molecule has 0 aliphatic heterocycles. The van der Waals surface area contributed by atoms with Gasteiger partial charge < -0.3 is 10.1 Å². The number of hydrogen-bond acceptors (Lipinski definition) is 2. The van der Waals surface area contributed by atoms with Gasteiger partial charge in [-0.05, 0) is 50.9 Å². The molecule has 1 aliphatic carbocycles. The molecular weight excluding hydrogens is 257 g/mol. The van der Waals surface area contributed by atoms with Crippen molar-refractivity contribution in [2.75, 3.05) is 7.05 Å². The van der Waals surface area contributed by atoms with E-state index in [1.54, 1.807) is 0 Å². The minimum atomic E-state index is 0. The third-order valence-electron chi connectivity index (χ3n) is 3.18. The molecule has 1 aromatic carbocycles. The van der Waals surface area contributed by atoms with Crippen LogP contribution in [0, 0.1) is 0 Å². The standard InChI is InChI=1S/C13H18ClNO.ClH/c1-15-11-5-7-12(8-6-11)16-13-4-2-3-10(14)9-13;/h2-4,9,11-12,15H,5-8H2,1H3;1H. The van der Waals surface area contributed by atoms with Gasteiger partial charge in [0.2, 0.25) is 0 Å². The van der Waals surface area contributed by atoms with Gasteiger partial charge in [-0.3, -0.25) is 0 Å². The second-order valence-corrected chi connectivity index (χ2v) is 4.77. The van der Waals surface area contributed by atoms with Gasteiger partial charge in [-0.1, -0.05) is 17.7 Å². The fourth-order valence-corrected chi connectivity index (χ4v) is 2.38. The van der Waals surface area contributed by atoms with Crippen LogP contribution in [-0.4, -0.2) is 19.2 Å². The highest BCUT2D eigenvalue weighted by Crippen LogP contribution is 2.25. The van der Waals surface area contributed by atoms with Gasteiger partial charge in [0.25, 0.3) is 0 Å². The predicted octanol–water partition coefficient (Wildman–Crippen LogP) is 3.67. The summed E-state index contributed by atoms with van der Waals surface area (Å²) in [4.78, 5) is 0. The van der Waals surface area contributed by atoms with E-state index in [-0.39, 0.29) is 12.4 Å². The van der Waals surface area contributed by atoms with Crippen LogP contribution >= 0.6 is 24.0 Å². The molecule has 0 radical (unpaired) electrons. The average Bonchev–Trinajstić information content (AvgIpc) is 2.30. The Morgan fingerprint density at radius 2 is 1.94 bits per heavy atom. The molecule has 1 aromatic rings. The molecule has 0 aromatic heterocycles. The van der Waals surface area contributed by atoms with Crippen LogP contribution in [0.4, 0.5) is 0 Å². The monoisotopic (exact) mass is 275 g/mol. The second kappa shape index (κ2) is 7.10. The fourth-order valence-electron chi connectivity index (χ4n) is 2.20. The lowest BCUT2D eigenvalue weighted by molar-refractivity contribution is 0.141. The quantitative estimate of drug-likeness (QED) is 0.909. The normalized spacial score (nSPS) is 23.9. The molecule has 0 atom stereocenters. The molecule has 1 fully saturated rings. The van der Waals surface area contributed by atoms with E-state index in [0.717, 1.165) is 23.6 Å². The molecule has 4 heteroatoms. The lowest BCUT2D eigenvalue weighted by Gasteiger charge is -2.28. The molecule has 17 heavy (non-hydrogen) atoms. The molecule has 1 saturated carbocycles. The lowest BCUT2D eigenvalue weighted by atomic mass is 9.93. The Bertz CT molecular complexity index is 338. The summed E-state index contributed by atoms with van der Waals surface area (Å²) in [5.74, 6) is 0.889. The number of rotatable bonds is 3. The summed E-state index contributed by atoms with van der Waals surface area (Å²) in [5.41, 5.74) is 0. The van der Waals surface area contributed by atoms with Crippen molar-refractivity contribution in [2.45, 2.75) is 37.8 Å². The van der Waals surface area contributed by atoms with Crippen LogP contribution in [0.5, 0.6) is 5.75 Å². The maximum Gasteiger partial charge on any atom is 0.121 e. The first-order valence-corrected chi connectivity index (χ1v) is 6.25. The van der Waals surface area contributed by atoms with E-state index in [1.807, 2.05) is 31.3 Å². The van der Waals surface area contributed by atoms with Gasteiger partial charge >= 0.3 is 0 Å². The summed E-state index contributed by atoms with van der Waals surface area (Å²) in [6.45, 7) is 0. The van der Waals surface area contributed by atoms with Gasteiger partial charge in [-0.15, -0.1) is 12.4 Å². The van der Waals surface area contributed by atoms with Gasteiger partial charge in [-0.25, -0.2) is 0 Å². The van der Waals surface area contributed by atoms with E-state index in [9.17, 15) is 0 Å². The molecular formula is C13H19Cl2NO. The third kappa shape index (κ3) is 4.38. The van der Waals surface area contributed by atoms with Crippen molar-refractivity contribution in [3.8, 4) is 5.75 Å². The van der Waals surface area contributed by atoms with Gasteiger partial charge in [0.1, 0.15) is 5.75 Å². The maximum absolute atomic E-state index is 5.92. The first-order chi connectivity index (χ1) is 7.78. The molecule has 2 rings (SSSR count). The van der Waals surface area contributed by atoms with Crippen molar-refractivity contribution in [2.24, 2.45) is 0 Å². The molecule has 0 amide bonds. The minimum Gasteiger partial charge on any atom is -0.490 e. The first-order valence-electron chi connectivity index (χ1n) is 5.87. The van der Waals surface area contributed by atoms with Crippen molar-refractivity contribution in [1.82, 2.24) is 5.32 Å². The van der Waals surface area contributed by atoms with Crippen LogP contribution in [-0.2, 0) is 0 Å². The molecule has 1 aliphatic rings. The number of nitrogens with one attached hydrogen (secondary N) is 1. The Labute approximate surface area is 114 Å². The Kier molecular flexibility index (Phi) is 6.10. The summed E-state index contributed by atoms with van der Waals surface area (Å²) in [7, 11) is 2.03. The molecule has 0 spiro atoms. The zero-order valence-corrected chi connectivity index (χ0v) is 11.6. The number of ether oxygens (including phenoxy) is 1. The van der Waals surface area contributed by atoms with E-state index >= 15 is 0 Å². The Hall–Kier alpha value is -0.440. The Balaban J connectivity index is 0.00000144. The largest absolute Gasteiger partial charge is 0.490 e. The molecule has 1 N–H and O–H groups in total. The topological polar surface area (TPSA) is 21.3 Å². The van der Waals surface area contributed by atoms with Crippen molar-refractivity contribution >= 4 is 24.0 Å². The van der Waals surface area contributed by atoms with Gasteiger partial charge in [0.15, 0.2) is 0 Å². The SMILES string of the molecule is CNC1CCC(Oc2cccc(Cl)c2)CC1.Cl. The zero-order chi connectivity index (χ0) is 11.4. The highest BCUT2D eigenvalue weighted by atomic mass is 35.5. The Morgan fingerprint density at radius 3 is 2.53 bits per heavy atom. The summed E-state index contributed by atoms with van der Waals surface area (Å²) < 4.78 is 5.92. The van der Waals surface area contributed by atoms with Crippen LogP contribution in [0.1, 0.15) is 25.7 Å². The van der Waals surface area contributed by atoms with Crippen molar-refractivity contribution in [3.05, 3.63) is 29.3 Å². The lowest BCUT2D eigenvalue weighted by Crippen LogP contribution is -2.34. The van der Waals surface area contributed by atoms with E-state index < -0.39 is 0 Å². The third-order valence-corrected chi connectivity index (χ3v) is 3.42. The van der Waals surface area contributed by atoms with Crippen LogP contribution in [0.25, 0.3) is 0 Å². The van der Waals surface area contributed by atoms with Crippen LogP contribution in [0.15, 0.2) is 24.3 Å². The van der Waals surface area contributed by atoms with Crippen LogP contribution in [0.3, 0.4) is 0 Å². The highest BCUT2D eigenvalue weighted by Gasteiger charge is 2.21. The average molecular weight is 276 g/mol. The molecule has 96 valence electrons. The second-order valence-electron chi connectivity index (χ2n) is 4.34. The van der Waals surface area contributed by atoms with Crippen molar-refractivity contribution < 1.29 is 4.74 Å². The maximum atomic E-state index is 5.92. The zero-order valence-electron chi connectivity index (χ0n) is 9.99. The van der Waals surface area contributed by atoms with E-state index in [4.69, 9.17) is 16.3 Å². The molecule has 0 saturated heterocycles. The molecule has 0 bridgehead atoms. The van der Waals surface area contributed by atoms with Gasteiger partial charge in [-0.2, -0.15) is 0 Å². The number of hydrogen-bond donors (Lipinski definition) is 1. The number of benzene rings is 1. The van der Waals surface area contributed by atoms with E-state index in [2.05, 4.69) is 5.32 Å². The van der Waals surface area contributed by atoms with Crippen molar-refractivity contribution in [1.29, 1.82) is 0 Å². The van der Waals surface area contributed by atoms with E-state index in [1.165, 1.54) is 12.8 Å². The molecule has 2 nitrogen and oxygen atoms in total. The first kappa shape index (κ1) is 14.6. The summed E-state index contributed by atoms with van der Waals surface area (Å²) >= 11 is 5.92. The fraction of sp³-hybridized carbons (Fsp3) is 0.538. The Morgan fingerprint density at radius 1 is 1.24 bits per heavy atom. The van der Waals surface area contributed by atoms with Gasteiger partial charge in [0.05, 0.1) is 6.10 Å². The minimum absolute atomic E-state index is 0. The summed E-state index contributed by atoms with van der Waals surface area (Å²) in [5, 5.41) is 4.06. The molecule has 0 unspecified atom stereocenters. The van der Waals surface area contributed by atoms with Crippen LogP contribution < -0.4 is 10.1 Å². The smallest absolute Gasteiger partial charge is 0.121 e. The molecule has 0 heterocycles. The summed E-state index contributed by atoms with van der Waals surface area (Å²) in [6.07, 6.45) is 4.99.